The minimum atomic E-state index is -0.0696. The summed E-state index contributed by atoms with van der Waals surface area (Å²) in [5.41, 5.74) is 2.96. The van der Waals surface area contributed by atoms with E-state index in [-0.39, 0.29) is 5.91 Å². The highest BCUT2D eigenvalue weighted by atomic mass is 16.5. The first kappa shape index (κ1) is 17.2. The van der Waals surface area contributed by atoms with Crippen LogP contribution in [-0.2, 0) is 17.8 Å². The number of rotatable bonds is 6. The molecule has 1 aliphatic carbocycles. The standard InChI is InChI=1S/C20H25N3O3/c1-15-2-4-16(5-3-15)12-23(17-6-7-17)13-19-21-18(14-26-19)20(24)22-8-10-25-11-9-22/h2-5,14,17H,6-13H2,1H3. The van der Waals surface area contributed by atoms with E-state index in [0.717, 1.165) is 6.54 Å². The van der Waals surface area contributed by atoms with Crippen molar-refractivity contribution in [2.75, 3.05) is 26.3 Å². The van der Waals surface area contributed by atoms with Gasteiger partial charge in [-0.25, -0.2) is 4.98 Å². The lowest BCUT2D eigenvalue weighted by Crippen LogP contribution is -2.40. The molecule has 1 amide bonds. The van der Waals surface area contributed by atoms with Crippen LogP contribution in [0.25, 0.3) is 0 Å². The van der Waals surface area contributed by atoms with Crippen LogP contribution in [0.4, 0.5) is 0 Å². The van der Waals surface area contributed by atoms with Gasteiger partial charge in [-0.1, -0.05) is 29.8 Å². The highest BCUT2D eigenvalue weighted by molar-refractivity contribution is 5.92. The first-order valence-electron chi connectivity index (χ1n) is 9.30. The topological polar surface area (TPSA) is 58.8 Å². The molecule has 2 heterocycles. The predicted octanol–water partition coefficient (Wildman–Crippen LogP) is 2.62. The fourth-order valence-electron chi connectivity index (χ4n) is 3.27. The number of hydrogen-bond donors (Lipinski definition) is 0. The molecule has 26 heavy (non-hydrogen) atoms. The van der Waals surface area contributed by atoms with Crippen LogP contribution < -0.4 is 0 Å². The van der Waals surface area contributed by atoms with Crippen LogP contribution in [0.1, 0.15) is 40.3 Å². The third-order valence-electron chi connectivity index (χ3n) is 4.98. The zero-order valence-electron chi connectivity index (χ0n) is 15.2. The second-order valence-corrected chi connectivity index (χ2v) is 7.15. The Labute approximate surface area is 153 Å². The molecule has 138 valence electrons. The SMILES string of the molecule is Cc1ccc(CN(Cc2nc(C(=O)N3CCOCC3)co2)C2CC2)cc1. The van der Waals surface area contributed by atoms with Gasteiger partial charge >= 0.3 is 0 Å². The Morgan fingerprint density at radius 2 is 1.92 bits per heavy atom. The molecule has 6 heteroatoms. The van der Waals surface area contributed by atoms with Crippen molar-refractivity contribution < 1.29 is 13.9 Å². The third-order valence-corrected chi connectivity index (χ3v) is 4.98. The maximum atomic E-state index is 12.5. The second kappa shape index (κ2) is 7.60. The summed E-state index contributed by atoms with van der Waals surface area (Å²) in [4.78, 5) is 21.1. The Morgan fingerprint density at radius 3 is 2.62 bits per heavy atom. The molecule has 1 aromatic carbocycles. The van der Waals surface area contributed by atoms with E-state index in [1.807, 2.05) is 0 Å². The number of aromatic nitrogens is 1. The molecule has 2 aliphatic rings. The first-order chi connectivity index (χ1) is 12.7. The van der Waals surface area contributed by atoms with E-state index in [1.165, 1.54) is 30.2 Å². The van der Waals surface area contributed by atoms with Crippen molar-refractivity contribution in [2.45, 2.75) is 38.9 Å². The molecule has 0 spiro atoms. The number of oxazole rings is 1. The predicted molar refractivity (Wildman–Crippen MR) is 96.7 cm³/mol. The van der Waals surface area contributed by atoms with Gasteiger partial charge in [-0.2, -0.15) is 0 Å². The van der Waals surface area contributed by atoms with Crippen molar-refractivity contribution in [1.29, 1.82) is 0 Å². The Hall–Kier alpha value is -2.18. The number of nitrogens with zero attached hydrogens (tertiary/aromatic N) is 3. The van der Waals surface area contributed by atoms with Gasteiger partial charge in [-0.05, 0) is 25.3 Å². The molecular formula is C20H25N3O3. The van der Waals surface area contributed by atoms with Gasteiger partial charge in [0.15, 0.2) is 5.69 Å². The van der Waals surface area contributed by atoms with Crippen molar-refractivity contribution in [1.82, 2.24) is 14.8 Å². The van der Waals surface area contributed by atoms with E-state index in [1.54, 1.807) is 4.90 Å². The molecule has 4 rings (SSSR count). The fraction of sp³-hybridized carbons (Fsp3) is 0.500. The van der Waals surface area contributed by atoms with Crippen molar-refractivity contribution in [2.24, 2.45) is 0 Å². The maximum absolute atomic E-state index is 12.5. The largest absolute Gasteiger partial charge is 0.447 e. The van der Waals surface area contributed by atoms with E-state index in [2.05, 4.69) is 41.1 Å². The van der Waals surface area contributed by atoms with Gasteiger partial charge in [0.2, 0.25) is 5.89 Å². The Bertz CT molecular complexity index is 746. The molecule has 0 N–H and O–H groups in total. The number of aryl methyl sites for hydroxylation is 1. The van der Waals surface area contributed by atoms with Gasteiger partial charge < -0.3 is 14.1 Å². The van der Waals surface area contributed by atoms with Crippen LogP contribution in [0.5, 0.6) is 0 Å². The smallest absolute Gasteiger partial charge is 0.275 e. The van der Waals surface area contributed by atoms with Crippen LogP contribution in [0.2, 0.25) is 0 Å². The molecule has 6 nitrogen and oxygen atoms in total. The highest BCUT2D eigenvalue weighted by Crippen LogP contribution is 2.29. The fourth-order valence-corrected chi connectivity index (χ4v) is 3.27. The molecule has 1 saturated heterocycles. The maximum Gasteiger partial charge on any atom is 0.275 e. The molecule has 0 unspecified atom stereocenters. The van der Waals surface area contributed by atoms with Gasteiger partial charge in [-0.15, -0.1) is 0 Å². The van der Waals surface area contributed by atoms with Gasteiger partial charge in [0.05, 0.1) is 19.8 Å². The van der Waals surface area contributed by atoms with Crippen molar-refractivity contribution in [3.05, 3.63) is 53.2 Å². The lowest BCUT2D eigenvalue weighted by atomic mass is 10.1. The normalized spacial score (nSPS) is 17.7. The average Bonchev–Trinajstić information content (AvgIpc) is 3.42. The van der Waals surface area contributed by atoms with E-state index in [0.29, 0.717) is 50.5 Å². The molecule has 1 saturated carbocycles. The van der Waals surface area contributed by atoms with Crippen LogP contribution in [0, 0.1) is 6.92 Å². The number of benzene rings is 1. The van der Waals surface area contributed by atoms with E-state index >= 15 is 0 Å². The monoisotopic (exact) mass is 355 g/mol. The zero-order valence-corrected chi connectivity index (χ0v) is 15.2. The van der Waals surface area contributed by atoms with Crippen molar-refractivity contribution in [3.8, 4) is 0 Å². The van der Waals surface area contributed by atoms with Gasteiger partial charge in [0.1, 0.15) is 6.26 Å². The summed E-state index contributed by atoms with van der Waals surface area (Å²) in [5, 5.41) is 0. The lowest BCUT2D eigenvalue weighted by Gasteiger charge is -2.25. The summed E-state index contributed by atoms with van der Waals surface area (Å²) in [6.45, 7) is 6.01. The zero-order chi connectivity index (χ0) is 17.9. The van der Waals surface area contributed by atoms with Gasteiger partial charge in [0.25, 0.3) is 5.91 Å². The third kappa shape index (κ3) is 4.14. The Balaban J connectivity index is 1.41. The van der Waals surface area contributed by atoms with Gasteiger partial charge in [-0.3, -0.25) is 9.69 Å². The van der Waals surface area contributed by atoms with Crippen LogP contribution in [-0.4, -0.2) is 53.0 Å². The summed E-state index contributed by atoms with van der Waals surface area (Å²) in [7, 11) is 0. The number of ether oxygens (including phenoxy) is 1. The molecule has 0 radical (unpaired) electrons. The number of morpholine rings is 1. The Kier molecular flexibility index (Phi) is 5.04. The first-order valence-corrected chi connectivity index (χ1v) is 9.30. The number of amides is 1. The summed E-state index contributed by atoms with van der Waals surface area (Å²) in [6.07, 6.45) is 3.92. The van der Waals surface area contributed by atoms with Crippen molar-refractivity contribution in [3.63, 3.8) is 0 Å². The van der Waals surface area contributed by atoms with Crippen LogP contribution in [0.3, 0.4) is 0 Å². The average molecular weight is 355 g/mol. The molecule has 1 aromatic heterocycles. The molecule has 0 bridgehead atoms. The minimum absolute atomic E-state index is 0.0696. The molecule has 2 aromatic rings. The summed E-state index contributed by atoms with van der Waals surface area (Å²) in [5.74, 6) is 0.542. The number of carbonyl (C=O) groups is 1. The molecule has 1 aliphatic heterocycles. The van der Waals surface area contributed by atoms with Crippen LogP contribution in [0.15, 0.2) is 34.9 Å². The number of carbonyl (C=O) groups excluding carboxylic acids is 1. The lowest BCUT2D eigenvalue weighted by molar-refractivity contribution is 0.0299. The number of hydrogen-bond acceptors (Lipinski definition) is 5. The highest BCUT2D eigenvalue weighted by Gasteiger charge is 2.30. The van der Waals surface area contributed by atoms with Gasteiger partial charge in [0, 0.05) is 25.7 Å². The minimum Gasteiger partial charge on any atom is -0.447 e. The quantitative estimate of drug-likeness (QED) is 0.797. The van der Waals surface area contributed by atoms with Crippen LogP contribution >= 0.6 is 0 Å². The van der Waals surface area contributed by atoms with Crippen molar-refractivity contribution >= 4 is 5.91 Å². The summed E-state index contributed by atoms with van der Waals surface area (Å²) >= 11 is 0. The van der Waals surface area contributed by atoms with E-state index < -0.39 is 0 Å². The molecule has 0 atom stereocenters. The molecule has 2 fully saturated rings. The summed E-state index contributed by atoms with van der Waals surface area (Å²) in [6, 6.07) is 9.22. The Morgan fingerprint density at radius 1 is 1.19 bits per heavy atom. The van der Waals surface area contributed by atoms with E-state index in [4.69, 9.17) is 9.15 Å². The second-order valence-electron chi connectivity index (χ2n) is 7.15. The van der Waals surface area contributed by atoms with E-state index in [9.17, 15) is 4.79 Å². The summed E-state index contributed by atoms with van der Waals surface area (Å²) < 4.78 is 10.9. The molecular weight excluding hydrogens is 330 g/mol.